The van der Waals surface area contributed by atoms with Crippen LogP contribution in [0, 0.1) is 0 Å². The molecule has 0 radical (unpaired) electrons. The number of benzene rings is 1. The zero-order valence-corrected chi connectivity index (χ0v) is 14.8. The second kappa shape index (κ2) is 6.92. The van der Waals surface area contributed by atoms with Crippen molar-refractivity contribution in [1.82, 2.24) is 0 Å². The second-order valence-corrected chi connectivity index (χ2v) is 7.27. The van der Waals surface area contributed by atoms with Crippen molar-refractivity contribution in [1.29, 1.82) is 0 Å². The zero-order chi connectivity index (χ0) is 18.1. The van der Waals surface area contributed by atoms with Crippen LogP contribution in [0.1, 0.15) is 44.0 Å². The molecule has 1 aliphatic heterocycles. The molecule has 1 aliphatic carbocycles. The first-order valence-corrected chi connectivity index (χ1v) is 9.36. The first kappa shape index (κ1) is 16.8. The summed E-state index contributed by atoms with van der Waals surface area (Å²) in [6.07, 6.45) is 4.13. The molecule has 1 aromatic carbocycles. The topological polar surface area (TPSA) is 81.7 Å². The molecule has 0 bridgehead atoms. The van der Waals surface area contributed by atoms with Gasteiger partial charge in [-0.25, -0.2) is 4.79 Å². The van der Waals surface area contributed by atoms with Crippen LogP contribution in [0.25, 0.3) is 0 Å². The van der Waals surface area contributed by atoms with Crippen molar-refractivity contribution in [2.75, 3.05) is 18.5 Å². The molecule has 26 heavy (non-hydrogen) atoms. The highest BCUT2D eigenvalue weighted by Gasteiger charge is 2.22. The van der Waals surface area contributed by atoms with Crippen LogP contribution >= 0.6 is 11.3 Å². The molecule has 2 aromatic rings. The van der Waals surface area contributed by atoms with Crippen LogP contribution in [-0.4, -0.2) is 30.9 Å². The Kier molecular flexibility index (Phi) is 4.46. The smallest absolute Gasteiger partial charge is 0.339 e. The number of hydrogen-bond acceptors (Lipinski definition) is 6. The number of thiophene rings is 1. The highest BCUT2D eigenvalue weighted by molar-refractivity contribution is 7.10. The lowest BCUT2D eigenvalue weighted by Crippen LogP contribution is -2.25. The predicted molar refractivity (Wildman–Crippen MR) is 96.1 cm³/mol. The largest absolute Gasteiger partial charge is 0.482 e. The van der Waals surface area contributed by atoms with E-state index < -0.39 is 5.97 Å². The van der Waals surface area contributed by atoms with Gasteiger partial charge in [-0.3, -0.25) is 9.59 Å². The van der Waals surface area contributed by atoms with E-state index in [9.17, 15) is 14.4 Å². The van der Waals surface area contributed by atoms with E-state index in [1.165, 1.54) is 10.9 Å². The van der Waals surface area contributed by atoms with E-state index in [4.69, 9.17) is 9.47 Å². The predicted octanol–water partition coefficient (Wildman–Crippen LogP) is 3.00. The van der Waals surface area contributed by atoms with Crippen molar-refractivity contribution in [3.63, 3.8) is 0 Å². The number of Topliss-reactive ketones (excluding diaryl/α,β-unsaturated/α-hetero) is 1. The molecule has 134 valence electrons. The Morgan fingerprint density at radius 1 is 1.23 bits per heavy atom. The SMILES string of the molecule is O=C1COc2ccc(C(=O)COC(=O)c3csc4c3CCCC4)cc2N1. The number of ketones is 1. The molecule has 1 amide bonds. The van der Waals surface area contributed by atoms with Gasteiger partial charge < -0.3 is 14.8 Å². The molecule has 0 saturated heterocycles. The Hall–Kier alpha value is -2.67. The maximum atomic E-state index is 12.3. The molecule has 0 unspecified atom stereocenters. The van der Waals surface area contributed by atoms with Crippen LogP contribution in [0.15, 0.2) is 23.6 Å². The minimum atomic E-state index is -0.452. The lowest BCUT2D eigenvalue weighted by Gasteiger charge is -2.18. The van der Waals surface area contributed by atoms with Crippen molar-refractivity contribution in [2.24, 2.45) is 0 Å². The second-order valence-electron chi connectivity index (χ2n) is 6.31. The maximum Gasteiger partial charge on any atom is 0.339 e. The normalized spacial score (nSPS) is 15.3. The van der Waals surface area contributed by atoms with E-state index in [2.05, 4.69) is 5.32 Å². The summed E-state index contributed by atoms with van der Waals surface area (Å²) < 4.78 is 10.5. The Balaban J connectivity index is 1.42. The maximum absolute atomic E-state index is 12.3. The molecule has 0 spiro atoms. The third-order valence-electron chi connectivity index (χ3n) is 4.55. The minimum Gasteiger partial charge on any atom is -0.482 e. The fraction of sp³-hybridized carbons (Fsp3) is 0.316. The van der Waals surface area contributed by atoms with E-state index in [1.807, 2.05) is 5.38 Å². The first-order chi connectivity index (χ1) is 12.6. The number of rotatable bonds is 4. The summed E-state index contributed by atoms with van der Waals surface area (Å²) in [6, 6.07) is 4.76. The Morgan fingerprint density at radius 2 is 2.08 bits per heavy atom. The van der Waals surface area contributed by atoms with E-state index >= 15 is 0 Å². The summed E-state index contributed by atoms with van der Waals surface area (Å²) >= 11 is 1.59. The van der Waals surface area contributed by atoms with Crippen molar-refractivity contribution in [3.05, 3.63) is 45.1 Å². The summed E-state index contributed by atoms with van der Waals surface area (Å²) in [7, 11) is 0. The Bertz CT molecular complexity index is 901. The van der Waals surface area contributed by atoms with Gasteiger partial charge in [-0.1, -0.05) is 0 Å². The third-order valence-corrected chi connectivity index (χ3v) is 5.64. The number of carbonyl (C=O) groups excluding carboxylic acids is 3. The quantitative estimate of drug-likeness (QED) is 0.660. The fourth-order valence-electron chi connectivity index (χ4n) is 3.21. The summed E-state index contributed by atoms with van der Waals surface area (Å²) in [5, 5.41) is 4.48. The molecule has 1 N–H and O–H groups in total. The molecule has 4 rings (SSSR count). The number of nitrogens with one attached hydrogen (secondary N) is 1. The van der Waals surface area contributed by atoms with Crippen molar-refractivity contribution < 1.29 is 23.9 Å². The summed E-state index contributed by atoms with van der Waals surface area (Å²) in [6.45, 7) is -0.375. The van der Waals surface area contributed by atoms with E-state index in [0.717, 1.165) is 31.2 Å². The van der Waals surface area contributed by atoms with E-state index in [-0.39, 0.29) is 24.9 Å². The van der Waals surface area contributed by atoms with E-state index in [1.54, 1.807) is 23.5 Å². The van der Waals surface area contributed by atoms with Crippen molar-refractivity contribution in [3.8, 4) is 5.75 Å². The van der Waals surface area contributed by atoms with Gasteiger partial charge in [0.15, 0.2) is 19.0 Å². The number of anilines is 1. The van der Waals surface area contributed by atoms with Gasteiger partial charge in [0.2, 0.25) is 0 Å². The number of esters is 1. The number of fused-ring (bicyclic) bond motifs is 2. The highest BCUT2D eigenvalue weighted by atomic mass is 32.1. The van der Waals surface area contributed by atoms with Gasteiger partial charge in [0.25, 0.3) is 5.91 Å². The van der Waals surface area contributed by atoms with Gasteiger partial charge in [0.05, 0.1) is 11.3 Å². The Labute approximate surface area is 154 Å². The molecule has 0 fully saturated rings. The average molecular weight is 371 g/mol. The number of carbonyl (C=O) groups is 3. The van der Waals surface area contributed by atoms with Crippen LogP contribution in [0.4, 0.5) is 5.69 Å². The van der Waals surface area contributed by atoms with Gasteiger partial charge in [-0.15, -0.1) is 11.3 Å². The Morgan fingerprint density at radius 3 is 2.96 bits per heavy atom. The van der Waals surface area contributed by atoms with Gasteiger partial charge in [-0.2, -0.15) is 0 Å². The molecule has 2 heterocycles. The lowest BCUT2D eigenvalue weighted by atomic mass is 9.96. The molecular formula is C19H17NO5S. The number of hydrogen-bond donors (Lipinski definition) is 1. The number of aryl methyl sites for hydroxylation is 1. The molecule has 0 saturated carbocycles. The van der Waals surface area contributed by atoms with Gasteiger partial charge >= 0.3 is 5.97 Å². The molecule has 6 nitrogen and oxygen atoms in total. The molecular weight excluding hydrogens is 354 g/mol. The highest BCUT2D eigenvalue weighted by Crippen LogP contribution is 2.31. The van der Waals surface area contributed by atoms with Crippen molar-refractivity contribution in [2.45, 2.75) is 25.7 Å². The molecule has 2 aliphatic rings. The first-order valence-electron chi connectivity index (χ1n) is 8.48. The minimum absolute atomic E-state index is 0.0388. The number of amides is 1. The van der Waals surface area contributed by atoms with E-state index in [0.29, 0.717) is 22.6 Å². The molecule has 7 heteroatoms. The van der Waals surface area contributed by atoms with Crippen molar-refractivity contribution >= 4 is 34.7 Å². The van der Waals surface area contributed by atoms with Crippen LogP contribution in [-0.2, 0) is 22.4 Å². The van der Waals surface area contributed by atoms with Gasteiger partial charge in [0.1, 0.15) is 5.75 Å². The standard InChI is InChI=1S/C19H17NO5S/c21-15(11-5-6-16-14(7-11)20-18(22)9-24-16)8-25-19(23)13-10-26-17-4-2-1-3-12(13)17/h5-7,10H,1-4,8-9H2,(H,20,22). The summed E-state index contributed by atoms with van der Waals surface area (Å²) in [5.74, 6) is -0.531. The van der Waals surface area contributed by atoms with Gasteiger partial charge in [0, 0.05) is 15.8 Å². The molecule has 1 aromatic heterocycles. The lowest BCUT2D eigenvalue weighted by molar-refractivity contribution is -0.118. The summed E-state index contributed by atoms with van der Waals surface area (Å²) in [4.78, 5) is 37.3. The van der Waals surface area contributed by atoms with Crippen LogP contribution in [0.2, 0.25) is 0 Å². The zero-order valence-electron chi connectivity index (χ0n) is 14.0. The van der Waals surface area contributed by atoms with Crippen LogP contribution in [0.5, 0.6) is 5.75 Å². The fourth-order valence-corrected chi connectivity index (χ4v) is 4.33. The summed E-state index contributed by atoms with van der Waals surface area (Å²) in [5.41, 5.74) is 2.47. The van der Waals surface area contributed by atoms with Crippen LogP contribution < -0.4 is 10.1 Å². The average Bonchev–Trinajstić information content (AvgIpc) is 3.09. The number of ether oxygens (including phenoxy) is 2. The molecule has 0 atom stereocenters. The monoisotopic (exact) mass is 371 g/mol. The van der Waals surface area contributed by atoms with Gasteiger partial charge in [-0.05, 0) is 49.4 Å². The van der Waals surface area contributed by atoms with Crippen LogP contribution in [0.3, 0.4) is 0 Å². The third kappa shape index (κ3) is 3.22.